The standard InChI is InChI=1S/C12H11BrFN5O3/c13-10-3-9(1-2-15-10)18-7-17-19(12(18)22)6-8(4-14)5-16-11(20)21/h1-4,7,16H,5-6H2,(H,20,21)/b8-4+. The molecule has 0 saturated carbocycles. The van der Waals surface area contributed by atoms with Gasteiger partial charge in [-0.1, -0.05) is 0 Å². The van der Waals surface area contributed by atoms with E-state index in [1.54, 1.807) is 12.1 Å². The van der Waals surface area contributed by atoms with Crippen molar-refractivity contribution < 1.29 is 14.3 Å². The molecule has 0 aromatic carbocycles. The summed E-state index contributed by atoms with van der Waals surface area (Å²) in [4.78, 5) is 26.6. The first-order chi connectivity index (χ1) is 10.5. The van der Waals surface area contributed by atoms with Crippen LogP contribution in [-0.4, -0.2) is 37.1 Å². The Balaban J connectivity index is 2.21. The molecular weight excluding hydrogens is 361 g/mol. The summed E-state index contributed by atoms with van der Waals surface area (Å²) in [6.07, 6.45) is 1.79. The largest absolute Gasteiger partial charge is 0.465 e. The van der Waals surface area contributed by atoms with Crippen molar-refractivity contribution >= 4 is 22.0 Å². The van der Waals surface area contributed by atoms with Crippen molar-refractivity contribution in [2.45, 2.75) is 6.54 Å². The maximum absolute atomic E-state index is 12.7. The molecule has 0 bridgehead atoms. The number of carboxylic acid groups (broad SMARTS) is 1. The molecule has 2 aromatic heterocycles. The van der Waals surface area contributed by atoms with Crippen LogP contribution < -0.4 is 11.0 Å². The molecule has 0 aliphatic rings. The fourth-order valence-corrected chi connectivity index (χ4v) is 2.03. The Morgan fingerprint density at radius 2 is 2.32 bits per heavy atom. The van der Waals surface area contributed by atoms with Crippen LogP contribution in [0.25, 0.3) is 5.69 Å². The number of pyridine rings is 1. The van der Waals surface area contributed by atoms with Gasteiger partial charge in [0.25, 0.3) is 0 Å². The molecule has 2 N–H and O–H groups in total. The Morgan fingerprint density at radius 1 is 1.55 bits per heavy atom. The van der Waals surface area contributed by atoms with E-state index >= 15 is 0 Å². The number of nitrogens with zero attached hydrogens (tertiary/aromatic N) is 4. The average molecular weight is 372 g/mol. The summed E-state index contributed by atoms with van der Waals surface area (Å²) in [5, 5.41) is 14.4. The van der Waals surface area contributed by atoms with Crippen LogP contribution in [0.4, 0.5) is 9.18 Å². The first-order valence-corrected chi connectivity index (χ1v) is 6.82. The lowest BCUT2D eigenvalue weighted by Crippen LogP contribution is -2.29. The lowest BCUT2D eigenvalue weighted by Gasteiger charge is -2.05. The molecule has 116 valence electrons. The van der Waals surface area contributed by atoms with E-state index < -0.39 is 11.8 Å². The van der Waals surface area contributed by atoms with Crippen LogP contribution in [0.15, 0.2) is 46.0 Å². The van der Waals surface area contributed by atoms with E-state index in [0.29, 0.717) is 10.3 Å². The maximum atomic E-state index is 12.7. The van der Waals surface area contributed by atoms with Gasteiger partial charge in [-0.3, -0.25) is 0 Å². The van der Waals surface area contributed by atoms with Crippen molar-refractivity contribution in [3.8, 4) is 5.69 Å². The zero-order valence-corrected chi connectivity index (χ0v) is 12.7. The van der Waals surface area contributed by atoms with E-state index in [0.717, 1.165) is 4.68 Å². The van der Waals surface area contributed by atoms with Gasteiger partial charge in [-0.15, -0.1) is 0 Å². The van der Waals surface area contributed by atoms with E-state index in [-0.39, 0.29) is 25.0 Å². The van der Waals surface area contributed by atoms with Crippen molar-refractivity contribution in [3.05, 3.63) is 51.6 Å². The number of carbonyl (C=O) groups is 1. The Hall–Kier alpha value is -2.49. The predicted octanol–water partition coefficient (Wildman–Crippen LogP) is 1.31. The van der Waals surface area contributed by atoms with Gasteiger partial charge in [-0.05, 0) is 33.6 Å². The summed E-state index contributed by atoms with van der Waals surface area (Å²) in [6, 6.07) is 3.25. The fraction of sp³-hybridized carbons (Fsp3) is 0.167. The van der Waals surface area contributed by atoms with Crippen molar-refractivity contribution in [1.82, 2.24) is 24.6 Å². The molecule has 8 nitrogen and oxygen atoms in total. The highest BCUT2D eigenvalue weighted by molar-refractivity contribution is 9.10. The van der Waals surface area contributed by atoms with E-state index in [1.807, 2.05) is 5.32 Å². The molecule has 0 unspecified atom stereocenters. The third kappa shape index (κ3) is 3.79. The zero-order chi connectivity index (χ0) is 16.1. The number of halogens is 2. The molecule has 10 heteroatoms. The fourth-order valence-electron chi connectivity index (χ4n) is 1.68. The van der Waals surface area contributed by atoms with E-state index in [9.17, 15) is 14.0 Å². The predicted molar refractivity (Wildman–Crippen MR) is 78.5 cm³/mol. The van der Waals surface area contributed by atoms with Gasteiger partial charge in [0.1, 0.15) is 10.9 Å². The van der Waals surface area contributed by atoms with Gasteiger partial charge < -0.3 is 10.4 Å². The molecule has 2 heterocycles. The highest BCUT2D eigenvalue weighted by Crippen LogP contribution is 2.10. The number of nitrogens with one attached hydrogen (secondary N) is 1. The summed E-state index contributed by atoms with van der Waals surface area (Å²) in [7, 11) is 0. The first kappa shape index (κ1) is 15.9. The summed E-state index contributed by atoms with van der Waals surface area (Å²) in [5.41, 5.74) is 0.144. The normalized spacial score (nSPS) is 11.5. The van der Waals surface area contributed by atoms with E-state index in [2.05, 4.69) is 26.0 Å². The molecule has 0 atom stereocenters. The Labute approximate surface area is 132 Å². The molecule has 2 rings (SSSR count). The molecule has 22 heavy (non-hydrogen) atoms. The van der Waals surface area contributed by atoms with Gasteiger partial charge in [-0.2, -0.15) is 5.10 Å². The monoisotopic (exact) mass is 371 g/mol. The minimum Gasteiger partial charge on any atom is -0.465 e. The summed E-state index contributed by atoms with van der Waals surface area (Å²) >= 11 is 3.20. The van der Waals surface area contributed by atoms with E-state index in [1.165, 1.54) is 17.1 Å². The highest BCUT2D eigenvalue weighted by atomic mass is 79.9. The second-order valence-corrected chi connectivity index (χ2v) is 5.02. The number of hydrogen-bond acceptors (Lipinski definition) is 4. The number of hydrogen-bond donors (Lipinski definition) is 2. The third-order valence-corrected chi connectivity index (χ3v) is 3.13. The minimum absolute atomic E-state index is 0.0747. The number of aromatic nitrogens is 4. The Kier molecular flexibility index (Phi) is 5.04. The van der Waals surface area contributed by atoms with Crippen LogP contribution >= 0.6 is 15.9 Å². The molecule has 0 aliphatic heterocycles. The van der Waals surface area contributed by atoms with Crippen molar-refractivity contribution in [3.63, 3.8) is 0 Å². The first-order valence-electron chi connectivity index (χ1n) is 6.02. The number of rotatable bonds is 5. The molecule has 0 saturated heterocycles. The summed E-state index contributed by atoms with van der Waals surface area (Å²) in [6.45, 7) is -0.388. The topological polar surface area (TPSA) is 102 Å². The lowest BCUT2D eigenvalue weighted by atomic mass is 10.3. The van der Waals surface area contributed by atoms with Crippen LogP contribution in [0.2, 0.25) is 0 Å². The summed E-state index contributed by atoms with van der Waals surface area (Å²) in [5.74, 6) is 0. The average Bonchev–Trinajstić information content (AvgIpc) is 2.84. The highest BCUT2D eigenvalue weighted by Gasteiger charge is 2.10. The van der Waals surface area contributed by atoms with Gasteiger partial charge in [0.15, 0.2) is 0 Å². The Morgan fingerprint density at radius 3 is 2.95 bits per heavy atom. The zero-order valence-electron chi connectivity index (χ0n) is 11.1. The minimum atomic E-state index is -1.28. The van der Waals surface area contributed by atoms with Gasteiger partial charge in [-0.25, -0.2) is 28.2 Å². The van der Waals surface area contributed by atoms with Crippen molar-refractivity contribution in [1.29, 1.82) is 0 Å². The van der Waals surface area contributed by atoms with Crippen LogP contribution in [0.1, 0.15) is 0 Å². The van der Waals surface area contributed by atoms with Gasteiger partial charge in [0.05, 0.1) is 18.6 Å². The van der Waals surface area contributed by atoms with Crippen LogP contribution in [0.5, 0.6) is 0 Å². The van der Waals surface area contributed by atoms with Gasteiger partial charge >= 0.3 is 11.8 Å². The molecule has 2 aromatic rings. The molecule has 0 fully saturated rings. The second kappa shape index (κ2) is 6.98. The Bertz CT molecular complexity index is 770. The third-order valence-electron chi connectivity index (χ3n) is 2.70. The van der Waals surface area contributed by atoms with Gasteiger partial charge in [0.2, 0.25) is 0 Å². The summed E-state index contributed by atoms with van der Waals surface area (Å²) < 4.78 is 15.6. The second-order valence-electron chi connectivity index (χ2n) is 4.20. The quantitative estimate of drug-likeness (QED) is 0.771. The lowest BCUT2D eigenvalue weighted by molar-refractivity contribution is 0.195. The van der Waals surface area contributed by atoms with E-state index in [4.69, 9.17) is 5.11 Å². The SMILES string of the molecule is O=C(O)NC/C(=C\F)Cn1ncn(-c2ccnc(Br)c2)c1=O. The smallest absolute Gasteiger partial charge is 0.404 e. The molecule has 0 spiro atoms. The number of amides is 1. The molecule has 0 aliphatic carbocycles. The van der Waals surface area contributed by atoms with Crippen molar-refractivity contribution in [2.24, 2.45) is 0 Å². The maximum Gasteiger partial charge on any atom is 0.404 e. The van der Waals surface area contributed by atoms with Crippen LogP contribution in [0.3, 0.4) is 0 Å². The van der Waals surface area contributed by atoms with Gasteiger partial charge in [0, 0.05) is 12.7 Å². The van der Waals surface area contributed by atoms with Crippen LogP contribution in [-0.2, 0) is 6.54 Å². The molecule has 0 radical (unpaired) electrons. The van der Waals surface area contributed by atoms with Crippen molar-refractivity contribution in [2.75, 3.05) is 6.54 Å². The molecular formula is C12H11BrFN5O3. The van der Waals surface area contributed by atoms with Crippen LogP contribution in [0, 0.1) is 0 Å². The molecule has 1 amide bonds.